The van der Waals surface area contributed by atoms with Gasteiger partial charge >= 0.3 is 0 Å². The highest BCUT2D eigenvalue weighted by atomic mass is 35.5. The molecule has 0 saturated heterocycles. The van der Waals surface area contributed by atoms with E-state index in [9.17, 15) is 29.7 Å². The van der Waals surface area contributed by atoms with Gasteiger partial charge in [-0.1, -0.05) is 25.4 Å². The lowest BCUT2D eigenvalue weighted by molar-refractivity contribution is -0.137. The summed E-state index contributed by atoms with van der Waals surface area (Å²) in [5, 5.41) is 29.6. The van der Waals surface area contributed by atoms with Crippen LogP contribution in [0.25, 0.3) is 0 Å². The highest BCUT2D eigenvalue weighted by molar-refractivity contribution is 6.35. The Balaban J connectivity index is 0.00000265. The highest BCUT2D eigenvalue weighted by Crippen LogP contribution is 2.43. The van der Waals surface area contributed by atoms with Gasteiger partial charge in [-0.15, -0.1) is 0 Å². The van der Waals surface area contributed by atoms with E-state index in [2.05, 4.69) is 10.9 Å². The maximum atomic E-state index is 12.6. The van der Waals surface area contributed by atoms with Gasteiger partial charge in [0.15, 0.2) is 11.4 Å². The number of rotatable bonds is 6. The molecule has 0 aromatic heterocycles. The first-order chi connectivity index (χ1) is 15.3. The number of halogens is 1. The summed E-state index contributed by atoms with van der Waals surface area (Å²) in [6, 6.07) is 1.24. The molecule has 1 aromatic carbocycles. The molecule has 184 valence electrons. The van der Waals surface area contributed by atoms with E-state index in [1.165, 1.54) is 33.9 Å². The van der Waals surface area contributed by atoms with Crippen LogP contribution in [-0.4, -0.2) is 51.2 Å². The fraction of sp³-hybridized carbons (Fsp3) is 0.500. The van der Waals surface area contributed by atoms with E-state index < -0.39 is 29.6 Å². The summed E-state index contributed by atoms with van der Waals surface area (Å²) in [7, 11) is 1.31. The molecule has 1 atom stereocenters. The minimum atomic E-state index is -1.74. The fourth-order valence-corrected chi connectivity index (χ4v) is 3.07. The molecule has 1 aliphatic carbocycles. The zero-order valence-electron chi connectivity index (χ0n) is 19.5. The van der Waals surface area contributed by atoms with Crippen molar-refractivity contribution in [3.05, 3.63) is 34.1 Å². The second-order valence-corrected chi connectivity index (χ2v) is 8.08. The number of nitrogens with one attached hydrogen (secondary N) is 2. The summed E-state index contributed by atoms with van der Waals surface area (Å²) in [6.45, 7) is 7.45. The summed E-state index contributed by atoms with van der Waals surface area (Å²) < 4.78 is 11.2. The van der Waals surface area contributed by atoms with Crippen molar-refractivity contribution in [3.63, 3.8) is 0 Å². The second-order valence-electron chi connectivity index (χ2n) is 7.70. The number of benzene rings is 1. The lowest BCUT2D eigenvalue weighted by Crippen LogP contribution is -2.50. The minimum absolute atomic E-state index is 0.0693. The van der Waals surface area contributed by atoms with E-state index >= 15 is 0 Å². The van der Waals surface area contributed by atoms with Crippen LogP contribution in [-0.2, 0) is 16.2 Å². The van der Waals surface area contributed by atoms with Crippen LogP contribution in [0, 0.1) is 0 Å². The van der Waals surface area contributed by atoms with Crippen molar-refractivity contribution in [2.45, 2.75) is 65.3 Å². The largest absolute Gasteiger partial charge is 0.508 e. The number of carbonyl (C=O) groups is 3. The molecule has 2 amide bonds. The monoisotopic (exact) mass is 486 g/mol. The van der Waals surface area contributed by atoms with Gasteiger partial charge in [0.05, 0.1) is 29.9 Å². The number of aliphatic hydroxyl groups excluding tert-OH is 2. The third kappa shape index (κ3) is 6.59. The van der Waals surface area contributed by atoms with Gasteiger partial charge in [-0.3, -0.25) is 25.2 Å². The smallest absolute Gasteiger partial charge is 0.271 e. The predicted octanol–water partition coefficient (Wildman–Crippen LogP) is 2.34. The zero-order chi connectivity index (χ0) is 25.6. The molecule has 0 saturated carbocycles. The number of allylic oxidation sites excluding steroid dienone is 1. The molecule has 11 heteroatoms. The fourth-order valence-electron chi connectivity index (χ4n) is 2.78. The van der Waals surface area contributed by atoms with Crippen molar-refractivity contribution >= 4 is 29.2 Å². The Morgan fingerprint density at radius 1 is 1.27 bits per heavy atom. The molecule has 10 nitrogen and oxygen atoms in total. The van der Waals surface area contributed by atoms with E-state index in [0.717, 1.165) is 6.08 Å². The van der Waals surface area contributed by atoms with Crippen molar-refractivity contribution in [1.29, 1.82) is 0 Å². The number of hydrogen-bond acceptors (Lipinski definition) is 8. The maximum Gasteiger partial charge on any atom is 0.271 e. The molecular weight excluding hydrogens is 456 g/mol. The molecule has 0 radical (unpaired) electrons. The Kier molecular flexibility index (Phi) is 9.71. The first kappa shape index (κ1) is 28.2. The Morgan fingerprint density at radius 2 is 1.88 bits per heavy atom. The van der Waals surface area contributed by atoms with E-state index in [1.54, 1.807) is 0 Å². The molecule has 0 aliphatic heterocycles. The van der Waals surface area contributed by atoms with Crippen LogP contribution < -0.4 is 20.3 Å². The van der Waals surface area contributed by atoms with Crippen molar-refractivity contribution < 1.29 is 39.2 Å². The number of hydrazine groups is 1. The van der Waals surface area contributed by atoms with Crippen molar-refractivity contribution in [3.8, 4) is 11.5 Å². The molecular formula is C22H31ClN2O8. The summed E-state index contributed by atoms with van der Waals surface area (Å²) in [5.74, 6) is -2.35. The van der Waals surface area contributed by atoms with Gasteiger partial charge in [-0.2, -0.15) is 0 Å². The van der Waals surface area contributed by atoms with Crippen LogP contribution >= 0.6 is 11.6 Å². The zero-order valence-corrected chi connectivity index (χ0v) is 20.3. The molecule has 0 bridgehead atoms. The third-order valence-corrected chi connectivity index (χ3v) is 5.14. The van der Waals surface area contributed by atoms with Gasteiger partial charge in [0.2, 0.25) is 0 Å². The van der Waals surface area contributed by atoms with Gasteiger partial charge < -0.3 is 24.8 Å². The number of aliphatic hydroxyl groups is 3. The molecule has 1 aromatic rings. The van der Waals surface area contributed by atoms with Gasteiger partial charge in [0.25, 0.3) is 11.8 Å². The Labute approximate surface area is 197 Å². The SMILES string of the molecule is CC.COc1cc(C(=O)NNC(=O)C(C)(C)O)c(Cl)c(O[C@@]2(C)CCC(=O)C=C2O)c1CO. The van der Waals surface area contributed by atoms with E-state index in [1.807, 2.05) is 13.8 Å². The average Bonchev–Trinajstić information content (AvgIpc) is 2.76. The molecule has 0 spiro atoms. The predicted molar refractivity (Wildman–Crippen MR) is 121 cm³/mol. The summed E-state index contributed by atoms with van der Waals surface area (Å²) >= 11 is 6.40. The molecule has 2 rings (SSSR count). The van der Waals surface area contributed by atoms with Crippen LogP contribution in [0.5, 0.6) is 11.5 Å². The highest BCUT2D eigenvalue weighted by Gasteiger charge is 2.38. The minimum Gasteiger partial charge on any atom is -0.508 e. The number of amides is 2. The topological polar surface area (TPSA) is 154 Å². The Hall–Kier alpha value is -2.82. The lowest BCUT2D eigenvalue weighted by Gasteiger charge is -2.33. The van der Waals surface area contributed by atoms with Crippen molar-refractivity contribution in [2.75, 3.05) is 7.11 Å². The van der Waals surface area contributed by atoms with Gasteiger partial charge in [-0.25, -0.2) is 0 Å². The van der Waals surface area contributed by atoms with Gasteiger partial charge in [0, 0.05) is 18.9 Å². The summed E-state index contributed by atoms with van der Waals surface area (Å²) in [6.07, 6.45) is 1.30. The van der Waals surface area contributed by atoms with Crippen LogP contribution in [0.2, 0.25) is 5.02 Å². The number of ether oxygens (including phenoxy) is 2. The average molecular weight is 487 g/mol. The number of ketones is 1. The van der Waals surface area contributed by atoms with Crippen LogP contribution in [0.1, 0.15) is 63.4 Å². The van der Waals surface area contributed by atoms with Gasteiger partial charge in [-0.05, 0) is 26.8 Å². The molecule has 1 aliphatic rings. The first-order valence-corrected chi connectivity index (χ1v) is 10.7. The van der Waals surface area contributed by atoms with Crippen LogP contribution in [0.3, 0.4) is 0 Å². The van der Waals surface area contributed by atoms with Gasteiger partial charge in [0.1, 0.15) is 22.9 Å². The normalized spacial score (nSPS) is 17.8. The summed E-state index contributed by atoms with van der Waals surface area (Å²) in [5.41, 5.74) is 1.08. The first-order valence-electron chi connectivity index (χ1n) is 10.3. The quantitative estimate of drug-likeness (QED) is 0.384. The van der Waals surface area contributed by atoms with Crippen LogP contribution in [0.4, 0.5) is 0 Å². The lowest BCUT2D eigenvalue weighted by atomic mass is 9.89. The van der Waals surface area contributed by atoms with Crippen molar-refractivity contribution in [2.24, 2.45) is 0 Å². The number of carbonyl (C=O) groups excluding carboxylic acids is 3. The number of hydrogen-bond donors (Lipinski definition) is 5. The molecule has 0 heterocycles. The second kappa shape index (κ2) is 11.4. The molecule has 33 heavy (non-hydrogen) atoms. The molecule has 0 fully saturated rings. The molecule has 0 unspecified atom stereocenters. The maximum absolute atomic E-state index is 12.6. The third-order valence-electron chi connectivity index (χ3n) is 4.77. The Morgan fingerprint density at radius 3 is 2.36 bits per heavy atom. The standard InChI is InChI=1S/C20H25ClN2O8.C2H6/c1-19(2,29)18(28)23-22-17(27)11-8-13(30-4)12(9-24)16(15(11)21)31-20(3)6-5-10(25)7-14(20)26;1-2/h7-8,24,26,29H,5-6,9H2,1-4H3,(H,22,27)(H,23,28);1-2H3/t20-;/m0./s1. The van der Waals surface area contributed by atoms with Crippen molar-refractivity contribution in [1.82, 2.24) is 10.9 Å². The number of methoxy groups -OCH3 is 1. The van der Waals surface area contributed by atoms with E-state index in [0.29, 0.717) is 0 Å². The van der Waals surface area contributed by atoms with E-state index in [4.69, 9.17) is 21.1 Å². The summed E-state index contributed by atoms with van der Waals surface area (Å²) in [4.78, 5) is 36.0. The van der Waals surface area contributed by atoms with Crippen LogP contribution in [0.15, 0.2) is 17.9 Å². The Bertz CT molecular complexity index is 939. The van der Waals surface area contributed by atoms with E-state index in [-0.39, 0.29) is 52.0 Å². The molecule has 5 N–H and O–H groups in total.